The molecule has 0 aliphatic rings. The molecule has 0 heterocycles. The molecule has 15 heavy (non-hydrogen) atoms. The van der Waals surface area contributed by atoms with E-state index < -0.39 is 5.41 Å². The highest BCUT2D eigenvalue weighted by Crippen LogP contribution is 2.22. The van der Waals surface area contributed by atoms with Crippen molar-refractivity contribution in [1.29, 1.82) is 5.26 Å². The number of rotatable bonds is 3. The Kier molecular flexibility index (Phi) is 5.35. The Hall–Kier alpha value is -1.04. The van der Waals surface area contributed by atoms with Crippen molar-refractivity contribution in [2.75, 3.05) is 6.54 Å². The summed E-state index contributed by atoms with van der Waals surface area (Å²) in [4.78, 5) is 0. The van der Waals surface area contributed by atoms with E-state index in [1.807, 2.05) is 38.1 Å². The molecule has 2 nitrogen and oxygen atoms in total. The third-order valence-corrected chi connectivity index (χ3v) is 2.39. The van der Waals surface area contributed by atoms with Gasteiger partial charge in [0.2, 0.25) is 0 Å². The molecule has 0 unspecified atom stereocenters. The van der Waals surface area contributed by atoms with Crippen LogP contribution in [0.4, 0.5) is 0 Å². The first-order chi connectivity index (χ1) is 6.60. The van der Waals surface area contributed by atoms with Gasteiger partial charge in [-0.15, -0.1) is 12.4 Å². The van der Waals surface area contributed by atoms with Gasteiger partial charge >= 0.3 is 0 Å². The first-order valence-electron chi connectivity index (χ1n) is 4.81. The molecule has 2 N–H and O–H groups in total. The van der Waals surface area contributed by atoms with E-state index in [-0.39, 0.29) is 12.4 Å². The predicted octanol–water partition coefficient (Wildman–Crippen LogP) is 2.41. The highest BCUT2D eigenvalue weighted by atomic mass is 35.5. The third kappa shape index (κ3) is 3.54. The fourth-order valence-corrected chi connectivity index (χ4v) is 1.32. The second kappa shape index (κ2) is 5.75. The lowest BCUT2D eigenvalue weighted by molar-refractivity contribution is 0.686. The number of benzene rings is 1. The Morgan fingerprint density at radius 1 is 1.27 bits per heavy atom. The minimum atomic E-state index is -0.402. The highest BCUT2D eigenvalue weighted by Gasteiger charge is 2.18. The molecule has 0 fully saturated rings. The zero-order valence-electron chi connectivity index (χ0n) is 9.16. The van der Waals surface area contributed by atoms with E-state index in [0.29, 0.717) is 6.54 Å². The van der Waals surface area contributed by atoms with Gasteiger partial charge in [0.25, 0.3) is 0 Å². The Bertz CT molecular complexity index is 336. The minimum Gasteiger partial charge on any atom is -0.330 e. The van der Waals surface area contributed by atoms with Crippen molar-refractivity contribution < 1.29 is 0 Å². The lowest BCUT2D eigenvalue weighted by Gasteiger charge is -2.15. The van der Waals surface area contributed by atoms with Gasteiger partial charge in [0.1, 0.15) is 0 Å². The molecule has 0 saturated carbocycles. The molecule has 0 aliphatic heterocycles. The standard InChI is InChI=1S/C12H16N2.ClH/c1-12(2,9-14)11-5-3-10(4-6-11)7-8-13;/h3-6H,7-8,13H2,1-2H3;1H. The largest absolute Gasteiger partial charge is 0.330 e. The van der Waals surface area contributed by atoms with Crippen molar-refractivity contribution in [2.45, 2.75) is 25.7 Å². The second-order valence-electron chi connectivity index (χ2n) is 3.97. The van der Waals surface area contributed by atoms with E-state index in [1.165, 1.54) is 5.56 Å². The van der Waals surface area contributed by atoms with E-state index in [9.17, 15) is 0 Å². The van der Waals surface area contributed by atoms with E-state index in [1.54, 1.807) is 0 Å². The molecule has 0 aromatic heterocycles. The van der Waals surface area contributed by atoms with Crippen molar-refractivity contribution >= 4 is 12.4 Å². The van der Waals surface area contributed by atoms with Gasteiger partial charge in [0.15, 0.2) is 0 Å². The van der Waals surface area contributed by atoms with Crippen LogP contribution in [0.3, 0.4) is 0 Å². The number of nitrogens with zero attached hydrogens (tertiary/aromatic N) is 1. The second-order valence-corrected chi connectivity index (χ2v) is 3.97. The molecule has 0 spiro atoms. The van der Waals surface area contributed by atoms with Crippen LogP contribution in [-0.2, 0) is 11.8 Å². The Balaban J connectivity index is 0.00000196. The van der Waals surface area contributed by atoms with E-state index >= 15 is 0 Å². The molecule has 0 bridgehead atoms. The van der Waals surface area contributed by atoms with Gasteiger partial charge in [-0.2, -0.15) is 5.26 Å². The lowest BCUT2D eigenvalue weighted by Crippen LogP contribution is -2.13. The van der Waals surface area contributed by atoms with Gasteiger partial charge in [-0.1, -0.05) is 24.3 Å². The number of hydrogen-bond donors (Lipinski definition) is 1. The zero-order chi connectivity index (χ0) is 10.6. The smallest absolute Gasteiger partial charge is 0.0766 e. The topological polar surface area (TPSA) is 49.8 Å². The van der Waals surface area contributed by atoms with Crippen LogP contribution < -0.4 is 5.73 Å². The van der Waals surface area contributed by atoms with Crippen LogP contribution in [0.5, 0.6) is 0 Å². The molecule has 0 aliphatic carbocycles. The number of hydrogen-bond acceptors (Lipinski definition) is 2. The fourth-order valence-electron chi connectivity index (χ4n) is 1.32. The minimum absolute atomic E-state index is 0. The molecule has 0 radical (unpaired) electrons. The maximum absolute atomic E-state index is 8.95. The van der Waals surface area contributed by atoms with E-state index in [4.69, 9.17) is 11.0 Å². The van der Waals surface area contributed by atoms with Gasteiger partial charge in [0, 0.05) is 0 Å². The first-order valence-corrected chi connectivity index (χ1v) is 4.81. The van der Waals surface area contributed by atoms with Crippen molar-refractivity contribution in [3.8, 4) is 6.07 Å². The maximum Gasteiger partial charge on any atom is 0.0766 e. The molecule has 1 aromatic rings. The quantitative estimate of drug-likeness (QED) is 0.857. The molecule has 1 rings (SSSR count). The van der Waals surface area contributed by atoms with E-state index in [2.05, 4.69) is 6.07 Å². The summed E-state index contributed by atoms with van der Waals surface area (Å²) >= 11 is 0. The fraction of sp³-hybridized carbons (Fsp3) is 0.417. The predicted molar refractivity (Wildman–Crippen MR) is 65.1 cm³/mol. The Morgan fingerprint density at radius 2 is 1.80 bits per heavy atom. The summed E-state index contributed by atoms with van der Waals surface area (Å²) in [5.74, 6) is 0. The molecule has 1 aromatic carbocycles. The van der Waals surface area contributed by atoms with Crippen LogP contribution >= 0.6 is 12.4 Å². The normalized spacial score (nSPS) is 10.3. The average molecular weight is 225 g/mol. The Labute approximate surface area is 97.5 Å². The van der Waals surface area contributed by atoms with Gasteiger partial charge in [0.05, 0.1) is 11.5 Å². The molecule has 0 saturated heterocycles. The molecule has 0 amide bonds. The lowest BCUT2D eigenvalue weighted by atomic mass is 9.86. The summed E-state index contributed by atoms with van der Waals surface area (Å²) in [5.41, 5.74) is 7.34. The van der Waals surface area contributed by atoms with E-state index in [0.717, 1.165) is 12.0 Å². The summed E-state index contributed by atoms with van der Waals surface area (Å²) in [5, 5.41) is 8.95. The van der Waals surface area contributed by atoms with Crippen LogP contribution in [0.25, 0.3) is 0 Å². The van der Waals surface area contributed by atoms with Gasteiger partial charge < -0.3 is 5.73 Å². The van der Waals surface area contributed by atoms with Gasteiger partial charge in [-0.3, -0.25) is 0 Å². The molecule has 3 heteroatoms. The van der Waals surface area contributed by atoms with Crippen molar-refractivity contribution in [2.24, 2.45) is 5.73 Å². The summed E-state index contributed by atoms with van der Waals surface area (Å²) in [7, 11) is 0. The summed E-state index contributed by atoms with van der Waals surface area (Å²) in [6.45, 7) is 4.51. The molecular weight excluding hydrogens is 208 g/mol. The van der Waals surface area contributed by atoms with Crippen LogP contribution in [-0.4, -0.2) is 6.54 Å². The summed E-state index contributed by atoms with van der Waals surface area (Å²) in [6.07, 6.45) is 0.896. The number of halogens is 1. The summed E-state index contributed by atoms with van der Waals surface area (Å²) in [6, 6.07) is 10.4. The van der Waals surface area contributed by atoms with Gasteiger partial charge in [-0.25, -0.2) is 0 Å². The Morgan fingerprint density at radius 3 is 2.20 bits per heavy atom. The van der Waals surface area contributed by atoms with Crippen LogP contribution in [0.15, 0.2) is 24.3 Å². The molecule has 82 valence electrons. The number of nitrogens with two attached hydrogens (primary N) is 1. The average Bonchev–Trinajstić information content (AvgIpc) is 2.19. The summed E-state index contributed by atoms with van der Waals surface area (Å²) < 4.78 is 0. The highest BCUT2D eigenvalue weighted by molar-refractivity contribution is 5.85. The van der Waals surface area contributed by atoms with Crippen molar-refractivity contribution in [1.82, 2.24) is 0 Å². The third-order valence-electron chi connectivity index (χ3n) is 2.39. The SMILES string of the molecule is CC(C)(C#N)c1ccc(CCN)cc1.Cl. The van der Waals surface area contributed by atoms with Crippen molar-refractivity contribution in [3.63, 3.8) is 0 Å². The van der Waals surface area contributed by atoms with Crippen molar-refractivity contribution in [3.05, 3.63) is 35.4 Å². The van der Waals surface area contributed by atoms with Crippen LogP contribution in [0, 0.1) is 11.3 Å². The monoisotopic (exact) mass is 224 g/mol. The van der Waals surface area contributed by atoms with Crippen LogP contribution in [0.2, 0.25) is 0 Å². The van der Waals surface area contributed by atoms with Crippen LogP contribution in [0.1, 0.15) is 25.0 Å². The van der Waals surface area contributed by atoms with Gasteiger partial charge in [-0.05, 0) is 37.9 Å². The molecule has 0 atom stereocenters. The zero-order valence-corrected chi connectivity index (χ0v) is 9.97. The first kappa shape index (κ1) is 14.0. The number of nitriles is 1. The molecular formula is C12H17ClN2. The maximum atomic E-state index is 8.95.